The van der Waals surface area contributed by atoms with Crippen LogP contribution in [0.3, 0.4) is 0 Å². The summed E-state index contributed by atoms with van der Waals surface area (Å²) in [5, 5.41) is 2.47. The number of alkyl carbamates (subject to hydrolysis) is 1. The molecule has 5 nitrogen and oxygen atoms in total. The van der Waals surface area contributed by atoms with Gasteiger partial charge in [-0.2, -0.15) is 0 Å². The molecule has 0 aliphatic heterocycles. The molecule has 1 aromatic rings. The summed E-state index contributed by atoms with van der Waals surface area (Å²) in [5.41, 5.74) is 1.64. The normalized spacial score (nSPS) is 11.3. The maximum atomic E-state index is 11.7. The molecule has 0 fully saturated rings. The third kappa shape index (κ3) is 5.56. The minimum absolute atomic E-state index is 0.146. The number of amides is 1. The minimum atomic E-state index is -0.777. The summed E-state index contributed by atoms with van der Waals surface area (Å²) in [6, 6.07) is 8.51. The van der Waals surface area contributed by atoms with E-state index in [1.54, 1.807) is 6.92 Å². The summed E-state index contributed by atoms with van der Waals surface area (Å²) in [4.78, 5) is 23.2. The first-order chi connectivity index (χ1) is 9.52. The SMILES string of the molecule is C=C(C)C[C@H](NC(=O)OCc1ccccc1)C(=O)OC. The number of nitrogens with one attached hydrogen (secondary N) is 1. The van der Waals surface area contributed by atoms with Crippen LogP contribution in [0, 0.1) is 0 Å². The number of hydrogen-bond donors (Lipinski definition) is 1. The molecule has 1 atom stereocenters. The highest BCUT2D eigenvalue weighted by Crippen LogP contribution is 2.05. The van der Waals surface area contributed by atoms with Crippen molar-refractivity contribution in [2.24, 2.45) is 0 Å². The lowest BCUT2D eigenvalue weighted by molar-refractivity contribution is -0.143. The maximum absolute atomic E-state index is 11.7. The van der Waals surface area contributed by atoms with E-state index in [0.717, 1.165) is 11.1 Å². The number of methoxy groups -OCH3 is 1. The highest BCUT2D eigenvalue weighted by atomic mass is 16.6. The molecule has 5 heteroatoms. The van der Waals surface area contributed by atoms with Gasteiger partial charge in [0.2, 0.25) is 0 Å². The van der Waals surface area contributed by atoms with Crippen molar-refractivity contribution in [1.82, 2.24) is 5.32 Å². The van der Waals surface area contributed by atoms with Crippen LogP contribution in [0.15, 0.2) is 42.5 Å². The van der Waals surface area contributed by atoms with Gasteiger partial charge in [0.25, 0.3) is 0 Å². The van der Waals surface area contributed by atoms with E-state index in [1.807, 2.05) is 30.3 Å². The zero-order valence-electron chi connectivity index (χ0n) is 11.7. The zero-order valence-corrected chi connectivity index (χ0v) is 11.7. The first-order valence-corrected chi connectivity index (χ1v) is 6.22. The zero-order chi connectivity index (χ0) is 15.0. The molecular weight excluding hydrogens is 258 g/mol. The molecule has 0 bridgehead atoms. The minimum Gasteiger partial charge on any atom is -0.467 e. The van der Waals surface area contributed by atoms with Gasteiger partial charge in [0, 0.05) is 0 Å². The predicted octanol–water partition coefficient (Wildman–Crippen LogP) is 2.42. The van der Waals surface area contributed by atoms with Gasteiger partial charge >= 0.3 is 12.1 Å². The number of benzene rings is 1. The lowest BCUT2D eigenvalue weighted by Crippen LogP contribution is -2.41. The molecule has 0 aliphatic rings. The molecule has 0 saturated carbocycles. The van der Waals surface area contributed by atoms with Gasteiger partial charge in [0.1, 0.15) is 12.6 Å². The standard InChI is InChI=1S/C15H19NO4/c1-11(2)9-13(14(17)19-3)16-15(18)20-10-12-7-5-4-6-8-12/h4-8,13H,1,9-10H2,2-3H3,(H,16,18)/t13-/m0/s1. The summed E-state index contributed by atoms with van der Waals surface area (Å²) in [5.74, 6) is -0.523. The van der Waals surface area contributed by atoms with Gasteiger partial charge in [-0.05, 0) is 18.9 Å². The number of carbonyl (C=O) groups excluding carboxylic acids is 2. The second-order valence-electron chi connectivity index (χ2n) is 4.44. The van der Waals surface area contributed by atoms with E-state index in [0.29, 0.717) is 6.42 Å². The number of carbonyl (C=O) groups is 2. The Labute approximate surface area is 118 Å². The van der Waals surface area contributed by atoms with Gasteiger partial charge in [-0.1, -0.05) is 35.9 Å². The van der Waals surface area contributed by atoms with E-state index in [2.05, 4.69) is 16.6 Å². The lowest BCUT2D eigenvalue weighted by atomic mass is 10.1. The van der Waals surface area contributed by atoms with Crippen molar-refractivity contribution in [3.63, 3.8) is 0 Å². The van der Waals surface area contributed by atoms with Crippen molar-refractivity contribution >= 4 is 12.1 Å². The van der Waals surface area contributed by atoms with Crippen molar-refractivity contribution in [3.8, 4) is 0 Å². The Kier molecular flexibility index (Phi) is 6.29. The molecule has 0 unspecified atom stereocenters. The molecule has 0 radical (unpaired) electrons. The van der Waals surface area contributed by atoms with Crippen molar-refractivity contribution in [1.29, 1.82) is 0 Å². The molecule has 0 aliphatic carbocycles. The van der Waals surface area contributed by atoms with Crippen molar-refractivity contribution in [2.45, 2.75) is 26.0 Å². The number of rotatable bonds is 6. The predicted molar refractivity (Wildman–Crippen MR) is 75.0 cm³/mol. The quantitative estimate of drug-likeness (QED) is 0.640. The fourth-order valence-corrected chi connectivity index (χ4v) is 1.59. The molecule has 0 saturated heterocycles. The van der Waals surface area contributed by atoms with E-state index in [-0.39, 0.29) is 6.61 Å². The Hall–Kier alpha value is -2.30. The monoisotopic (exact) mass is 277 g/mol. The van der Waals surface area contributed by atoms with Crippen molar-refractivity contribution in [2.75, 3.05) is 7.11 Å². The number of hydrogen-bond acceptors (Lipinski definition) is 4. The average Bonchev–Trinajstić information content (AvgIpc) is 2.44. The number of esters is 1. The van der Waals surface area contributed by atoms with Crippen molar-refractivity contribution in [3.05, 3.63) is 48.0 Å². The van der Waals surface area contributed by atoms with Gasteiger partial charge in [-0.3, -0.25) is 0 Å². The van der Waals surface area contributed by atoms with Crippen LogP contribution in [0.25, 0.3) is 0 Å². The summed E-state index contributed by atoms with van der Waals surface area (Å²) >= 11 is 0. The Morgan fingerprint density at radius 2 is 1.95 bits per heavy atom. The Balaban J connectivity index is 2.49. The van der Waals surface area contributed by atoms with Gasteiger partial charge in [-0.25, -0.2) is 9.59 Å². The third-order valence-corrected chi connectivity index (χ3v) is 2.54. The average molecular weight is 277 g/mol. The van der Waals surface area contributed by atoms with E-state index in [9.17, 15) is 9.59 Å². The largest absolute Gasteiger partial charge is 0.467 e. The molecule has 1 N–H and O–H groups in total. The van der Waals surface area contributed by atoms with Crippen LogP contribution < -0.4 is 5.32 Å². The van der Waals surface area contributed by atoms with Crippen LogP contribution in [0.5, 0.6) is 0 Å². The molecule has 1 rings (SSSR count). The van der Waals surface area contributed by atoms with Gasteiger partial charge in [0.15, 0.2) is 0 Å². The second kappa shape index (κ2) is 7.99. The van der Waals surface area contributed by atoms with Crippen LogP contribution in [0.1, 0.15) is 18.9 Å². The highest BCUT2D eigenvalue weighted by Gasteiger charge is 2.22. The molecule has 1 aromatic carbocycles. The Morgan fingerprint density at radius 1 is 1.30 bits per heavy atom. The smallest absolute Gasteiger partial charge is 0.408 e. The van der Waals surface area contributed by atoms with Crippen molar-refractivity contribution < 1.29 is 19.1 Å². The second-order valence-corrected chi connectivity index (χ2v) is 4.44. The fraction of sp³-hybridized carbons (Fsp3) is 0.333. The molecule has 0 aromatic heterocycles. The highest BCUT2D eigenvalue weighted by molar-refractivity contribution is 5.81. The molecular formula is C15H19NO4. The number of ether oxygens (including phenoxy) is 2. The van der Waals surface area contributed by atoms with E-state index in [1.165, 1.54) is 7.11 Å². The topological polar surface area (TPSA) is 64.6 Å². The van der Waals surface area contributed by atoms with Crippen LogP contribution in [0.4, 0.5) is 4.79 Å². The molecule has 20 heavy (non-hydrogen) atoms. The lowest BCUT2D eigenvalue weighted by Gasteiger charge is -2.16. The fourth-order valence-electron chi connectivity index (χ4n) is 1.59. The first-order valence-electron chi connectivity index (χ1n) is 6.22. The first kappa shape index (κ1) is 15.8. The van der Waals surface area contributed by atoms with Gasteiger partial charge < -0.3 is 14.8 Å². The van der Waals surface area contributed by atoms with E-state index < -0.39 is 18.1 Å². The van der Waals surface area contributed by atoms with E-state index in [4.69, 9.17) is 4.74 Å². The maximum Gasteiger partial charge on any atom is 0.408 e. The van der Waals surface area contributed by atoms with Crippen LogP contribution in [0.2, 0.25) is 0 Å². The third-order valence-electron chi connectivity index (χ3n) is 2.54. The molecule has 0 spiro atoms. The Morgan fingerprint density at radius 3 is 2.50 bits per heavy atom. The summed E-state index contributed by atoms with van der Waals surface area (Å²) in [6.45, 7) is 5.63. The Bertz CT molecular complexity index is 470. The van der Waals surface area contributed by atoms with Crippen LogP contribution >= 0.6 is 0 Å². The summed E-state index contributed by atoms with van der Waals surface area (Å²) < 4.78 is 9.67. The summed E-state index contributed by atoms with van der Waals surface area (Å²) in [6.07, 6.45) is -0.349. The molecule has 0 heterocycles. The van der Waals surface area contributed by atoms with E-state index >= 15 is 0 Å². The van der Waals surface area contributed by atoms with Gasteiger partial charge in [0.05, 0.1) is 7.11 Å². The van der Waals surface area contributed by atoms with Gasteiger partial charge in [-0.15, -0.1) is 6.58 Å². The molecule has 108 valence electrons. The van der Waals surface area contributed by atoms with Crippen LogP contribution in [-0.2, 0) is 20.9 Å². The van der Waals surface area contributed by atoms with Crippen LogP contribution in [-0.4, -0.2) is 25.2 Å². The molecule has 1 amide bonds. The summed E-state index contributed by atoms with van der Waals surface area (Å²) in [7, 11) is 1.27.